The normalized spacial score (nSPS) is 16.1. The van der Waals surface area contributed by atoms with Crippen LogP contribution in [0.15, 0.2) is 93.0 Å². The second kappa shape index (κ2) is 9.00. The van der Waals surface area contributed by atoms with E-state index in [1.165, 1.54) is 42.5 Å². The van der Waals surface area contributed by atoms with Gasteiger partial charge in [0.05, 0.1) is 11.6 Å². The van der Waals surface area contributed by atoms with Crippen LogP contribution in [0.5, 0.6) is 11.5 Å². The van der Waals surface area contributed by atoms with Crippen molar-refractivity contribution in [3.8, 4) is 11.5 Å². The number of aromatic hydroxyl groups is 1. The first-order chi connectivity index (χ1) is 17.5. The summed E-state index contributed by atoms with van der Waals surface area (Å²) in [5, 5.41) is 21.2. The van der Waals surface area contributed by atoms with Crippen LogP contribution < -0.4 is 9.64 Å². The van der Waals surface area contributed by atoms with Gasteiger partial charge in [0.2, 0.25) is 5.78 Å². The van der Waals surface area contributed by atoms with E-state index in [9.17, 15) is 33.0 Å². The number of ether oxygens (including phenoxy) is 1. The summed E-state index contributed by atoms with van der Waals surface area (Å²) < 4.78 is 48.8. The molecule has 0 radical (unpaired) electrons. The number of rotatable bonds is 5. The molecule has 3 aromatic carbocycles. The molecule has 0 saturated carbocycles. The van der Waals surface area contributed by atoms with Crippen LogP contribution in [0.4, 0.5) is 18.9 Å². The second-order valence-corrected chi connectivity index (χ2v) is 9.01. The molecule has 0 fully saturated rings. The summed E-state index contributed by atoms with van der Waals surface area (Å²) in [6.07, 6.45) is -4.97. The number of phenolic OH excluding ortho intramolecular Hbond substituents is 1. The van der Waals surface area contributed by atoms with Crippen molar-refractivity contribution in [1.82, 2.24) is 0 Å². The molecule has 2 heterocycles. The van der Waals surface area contributed by atoms with Crippen LogP contribution in [-0.2, 0) is 4.79 Å². The van der Waals surface area contributed by atoms with E-state index < -0.39 is 35.6 Å². The zero-order chi connectivity index (χ0) is 26.5. The SMILES string of the molecule is O=C(C1=C(O)C(=O)N(c2cccc(OC(F)(F)F)c2)C1c1ccc(O)cc1)c1cc2cc(Br)ccc2o1. The first-order valence-electron chi connectivity index (χ1n) is 10.7. The van der Waals surface area contributed by atoms with E-state index >= 15 is 0 Å². The van der Waals surface area contributed by atoms with Crippen molar-refractivity contribution in [3.05, 3.63) is 99.9 Å². The maximum Gasteiger partial charge on any atom is 0.573 e. The molecule has 1 aliphatic heterocycles. The maximum atomic E-state index is 13.6. The van der Waals surface area contributed by atoms with E-state index in [4.69, 9.17) is 4.42 Å². The summed E-state index contributed by atoms with van der Waals surface area (Å²) in [5.41, 5.74) is 0.300. The number of fused-ring (bicyclic) bond motifs is 1. The van der Waals surface area contributed by atoms with Crippen LogP contribution >= 0.6 is 15.9 Å². The number of nitrogens with zero attached hydrogens (tertiary/aromatic N) is 1. The largest absolute Gasteiger partial charge is 0.573 e. The highest BCUT2D eigenvalue weighted by Crippen LogP contribution is 2.43. The number of hydrogen-bond acceptors (Lipinski definition) is 6. The van der Waals surface area contributed by atoms with Gasteiger partial charge in [-0.3, -0.25) is 14.5 Å². The number of hydrogen-bond donors (Lipinski definition) is 2. The molecule has 1 amide bonds. The van der Waals surface area contributed by atoms with Crippen molar-refractivity contribution in [1.29, 1.82) is 0 Å². The van der Waals surface area contributed by atoms with Gasteiger partial charge < -0.3 is 19.4 Å². The van der Waals surface area contributed by atoms with E-state index in [0.29, 0.717) is 16.5 Å². The second-order valence-electron chi connectivity index (χ2n) is 8.10. The van der Waals surface area contributed by atoms with Crippen molar-refractivity contribution < 1.29 is 42.1 Å². The molecule has 7 nitrogen and oxygen atoms in total. The van der Waals surface area contributed by atoms with Crippen LogP contribution in [0.1, 0.15) is 22.2 Å². The van der Waals surface area contributed by atoms with Crippen molar-refractivity contribution in [2.24, 2.45) is 0 Å². The number of aliphatic hydroxyl groups excluding tert-OH is 1. The lowest BCUT2D eigenvalue weighted by Gasteiger charge is -2.27. The fraction of sp³-hybridized carbons (Fsp3) is 0.0769. The van der Waals surface area contributed by atoms with Gasteiger partial charge in [-0.15, -0.1) is 13.2 Å². The van der Waals surface area contributed by atoms with Crippen LogP contribution in [-0.4, -0.2) is 28.3 Å². The fourth-order valence-electron chi connectivity index (χ4n) is 4.16. The standard InChI is InChI=1S/C26H15BrF3NO6/c27-15-6-9-19-14(10-15)11-20(36-19)23(33)21-22(13-4-7-17(32)8-5-13)31(25(35)24(21)34)16-2-1-3-18(12-16)37-26(28,29)30/h1-12,22,32,34H. The van der Waals surface area contributed by atoms with Gasteiger partial charge in [0.25, 0.3) is 5.91 Å². The minimum Gasteiger partial charge on any atom is -0.508 e. The lowest BCUT2D eigenvalue weighted by atomic mass is 9.94. The Bertz CT molecular complexity index is 1580. The minimum absolute atomic E-state index is 0.0623. The predicted molar refractivity (Wildman–Crippen MR) is 129 cm³/mol. The number of ketones is 1. The molecule has 1 atom stereocenters. The highest BCUT2D eigenvalue weighted by atomic mass is 79.9. The summed E-state index contributed by atoms with van der Waals surface area (Å²) >= 11 is 3.34. The van der Waals surface area contributed by atoms with Gasteiger partial charge in [0.1, 0.15) is 17.1 Å². The van der Waals surface area contributed by atoms with Gasteiger partial charge in [0.15, 0.2) is 11.5 Å². The van der Waals surface area contributed by atoms with E-state index in [1.54, 1.807) is 18.2 Å². The number of aliphatic hydroxyl groups is 1. The van der Waals surface area contributed by atoms with Gasteiger partial charge >= 0.3 is 6.36 Å². The summed E-state index contributed by atoms with van der Waals surface area (Å²) in [6, 6.07) is 15.4. The van der Waals surface area contributed by atoms with Crippen molar-refractivity contribution in [3.63, 3.8) is 0 Å². The third-order valence-corrected chi connectivity index (χ3v) is 6.19. The topological polar surface area (TPSA) is 100 Å². The first kappa shape index (κ1) is 24.4. The molecule has 0 bridgehead atoms. The molecular weight excluding hydrogens is 559 g/mol. The average Bonchev–Trinajstić information content (AvgIpc) is 3.37. The van der Waals surface area contributed by atoms with Crippen molar-refractivity contribution >= 4 is 44.3 Å². The molecule has 37 heavy (non-hydrogen) atoms. The number of alkyl halides is 3. The Morgan fingerprint density at radius 1 is 1.00 bits per heavy atom. The number of halogens is 4. The Balaban J connectivity index is 1.63. The molecule has 5 rings (SSSR count). The Hall–Kier alpha value is -4.25. The van der Waals surface area contributed by atoms with Gasteiger partial charge in [-0.25, -0.2) is 0 Å². The Kier molecular flexibility index (Phi) is 5.95. The van der Waals surface area contributed by atoms with E-state index in [2.05, 4.69) is 20.7 Å². The average molecular weight is 574 g/mol. The third-order valence-electron chi connectivity index (χ3n) is 5.69. The van der Waals surface area contributed by atoms with Crippen LogP contribution in [0.3, 0.4) is 0 Å². The number of benzene rings is 3. The van der Waals surface area contributed by atoms with Gasteiger partial charge in [-0.05, 0) is 54.1 Å². The number of carbonyl (C=O) groups is 2. The molecule has 1 unspecified atom stereocenters. The predicted octanol–water partition coefficient (Wildman–Crippen LogP) is 6.58. The summed E-state index contributed by atoms with van der Waals surface area (Å²) in [6.45, 7) is 0. The van der Waals surface area contributed by atoms with Gasteiger partial charge in [-0.2, -0.15) is 0 Å². The van der Waals surface area contributed by atoms with Crippen LogP contribution in [0.2, 0.25) is 0 Å². The minimum atomic E-state index is -4.97. The highest BCUT2D eigenvalue weighted by Gasteiger charge is 2.45. The Labute approximate surface area is 215 Å². The molecular formula is C26H15BrF3NO6. The van der Waals surface area contributed by atoms with Gasteiger partial charge in [0, 0.05) is 21.6 Å². The van der Waals surface area contributed by atoms with E-state index in [1.807, 2.05) is 0 Å². The molecule has 11 heteroatoms. The quantitative estimate of drug-likeness (QED) is 0.261. The number of furan rings is 1. The summed E-state index contributed by atoms with van der Waals surface area (Å²) in [4.78, 5) is 27.8. The molecule has 2 N–H and O–H groups in total. The lowest BCUT2D eigenvalue weighted by molar-refractivity contribution is -0.274. The first-order valence-corrected chi connectivity index (χ1v) is 11.5. The summed E-state index contributed by atoms with van der Waals surface area (Å²) in [7, 11) is 0. The highest BCUT2D eigenvalue weighted by molar-refractivity contribution is 9.10. The Morgan fingerprint density at radius 2 is 1.73 bits per heavy atom. The Morgan fingerprint density at radius 3 is 2.43 bits per heavy atom. The maximum absolute atomic E-state index is 13.6. The number of carbonyl (C=O) groups excluding carboxylic acids is 2. The smallest absolute Gasteiger partial charge is 0.508 e. The number of Topliss-reactive ketones (excluding diaryl/α,β-unsaturated/α-hetero) is 1. The third kappa shape index (κ3) is 4.65. The van der Waals surface area contributed by atoms with Crippen LogP contribution in [0, 0.1) is 0 Å². The fourth-order valence-corrected chi connectivity index (χ4v) is 4.54. The van der Waals surface area contributed by atoms with E-state index in [-0.39, 0.29) is 22.8 Å². The van der Waals surface area contributed by atoms with Crippen molar-refractivity contribution in [2.45, 2.75) is 12.4 Å². The molecule has 0 spiro atoms. The van der Waals surface area contributed by atoms with E-state index in [0.717, 1.165) is 21.5 Å². The molecule has 1 aromatic heterocycles. The van der Waals surface area contributed by atoms with Gasteiger partial charge in [-0.1, -0.05) is 34.1 Å². The molecule has 0 aliphatic carbocycles. The molecule has 4 aromatic rings. The molecule has 0 saturated heterocycles. The zero-order valence-electron chi connectivity index (χ0n) is 18.5. The molecule has 188 valence electrons. The monoisotopic (exact) mass is 573 g/mol. The summed E-state index contributed by atoms with van der Waals surface area (Å²) in [5.74, 6) is -3.52. The zero-order valence-corrected chi connectivity index (χ0v) is 20.1. The number of phenols is 1. The number of anilines is 1. The van der Waals surface area contributed by atoms with Crippen LogP contribution in [0.25, 0.3) is 11.0 Å². The number of amides is 1. The molecule has 1 aliphatic rings. The van der Waals surface area contributed by atoms with Crippen molar-refractivity contribution in [2.75, 3.05) is 4.90 Å². The lowest BCUT2D eigenvalue weighted by Crippen LogP contribution is -2.31.